The Balaban J connectivity index is 1.42. The summed E-state index contributed by atoms with van der Waals surface area (Å²) in [4.78, 5) is 41.8. The monoisotopic (exact) mass is 502 g/mol. The second-order valence-corrected chi connectivity index (χ2v) is 11.1. The van der Waals surface area contributed by atoms with E-state index < -0.39 is 5.54 Å². The molecule has 11 heteroatoms. The Morgan fingerprint density at radius 2 is 1.89 bits per heavy atom. The number of nitrogens with one attached hydrogen (secondary N) is 3. The van der Waals surface area contributed by atoms with Crippen molar-refractivity contribution in [3.8, 4) is 0 Å². The quantitative estimate of drug-likeness (QED) is 0.492. The molecule has 0 aromatic carbocycles. The van der Waals surface area contributed by atoms with Crippen LogP contribution in [-0.2, 0) is 4.74 Å². The smallest absolute Gasteiger partial charge is 0.320 e. The molecular formula is C25H42N8O3. The Bertz CT molecular complexity index is 952. The molecule has 0 spiro atoms. The summed E-state index contributed by atoms with van der Waals surface area (Å²) < 4.78 is 5.21. The highest BCUT2D eigenvalue weighted by atomic mass is 16.5. The number of aryl methyl sites for hydroxylation is 2. The van der Waals surface area contributed by atoms with Gasteiger partial charge in [-0.25, -0.2) is 20.2 Å². The summed E-state index contributed by atoms with van der Waals surface area (Å²) in [5.41, 5.74) is 7.27. The van der Waals surface area contributed by atoms with Crippen molar-refractivity contribution >= 4 is 11.9 Å². The molecule has 11 nitrogen and oxygen atoms in total. The van der Waals surface area contributed by atoms with Gasteiger partial charge in [0.1, 0.15) is 11.5 Å². The van der Waals surface area contributed by atoms with Gasteiger partial charge in [-0.15, -0.1) is 0 Å². The van der Waals surface area contributed by atoms with Crippen LogP contribution in [0.5, 0.6) is 0 Å². The molecule has 200 valence electrons. The Kier molecular flexibility index (Phi) is 7.84. The van der Waals surface area contributed by atoms with Crippen molar-refractivity contribution in [1.82, 2.24) is 40.8 Å². The second-order valence-electron chi connectivity index (χ2n) is 11.1. The number of carbonyl (C=O) groups is 2. The van der Waals surface area contributed by atoms with Crippen LogP contribution in [0, 0.1) is 19.8 Å². The zero-order chi connectivity index (χ0) is 26.2. The van der Waals surface area contributed by atoms with Crippen molar-refractivity contribution in [2.24, 2.45) is 5.92 Å². The van der Waals surface area contributed by atoms with Gasteiger partial charge in [-0.2, -0.15) is 0 Å². The number of fused-ring (bicyclic) bond motifs is 1. The number of amides is 3. The van der Waals surface area contributed by atoms with Crippen LogP contribution >= 0.6 is 0 Å². The van der Waals surface area contributed by atoms with Crippen molar-refractivity contribution in [1.29, 1.82) is 0 Å². The SMILES string of the molecule is COCCCN1C[C@H](C)N(C(=O)N2CC3C(NC(=O)c4cc(C)nc(C)n4)NNC3C2(C)C)C[C@H]1C. The van der Waals surface area contributed by atoms with Crippen molar-refractivity contribution in [2.45, 2.75) is 77.8 Å². The fourth-order valence-electron chi connectivity index (χ4n) is 5.97. The number of likely N-dealkylation sites (tertiary alicyclic amines) is 1. The first-order valence-electron chi connectivity index (χ1n) is 13.0. The number of piperazine rings is 1. The van der Waals surface area contributed by atoms with E-state index >= 15 is 0 Å². The number of nitrogens with zero attached hydrogens (tertiary/aromatic N) is 5. The van der Waals surface area contributed by atoms with Crippen molar-refractivity contribution < 1.29 is 14.3 Å². The number of hydrogen-bond donors (Lipinski definition) is 3. The van der Waals surface area contributed by atoms with E-state index in [0.29, 0.717) is 30.6 Å². The van der Waals surface area contributed by atoms with Crippen molar-refractivity contribution in [2.75, 3.05) is 39.9 Å². The Morgan fingerprint density at radius 1 is 1.14 bits per heavy atom. The Hall–Kier alpha value is -2.34. The highest BCUT2D eigenvalue weighted by molar-refractivity contribution is 5.92. The van der Waals surface area contributed by atoms with Crippen molar-refractivity contribution in [3.63, 3.8) is 0 Å². The molecule has 0 saturated carbocycles. The fourth-order valence-corrected chi connectivity index (χ4v) is 5.97. The molecule has 36 heavy (non-hydrogen) atoms. The molecule has 0 radical (unpaired) electrons. The maximum atomic E-state index is 13.9. The Labute approximate surface area is 214 Å². The minimum atomic E-state index is -0.422. The minimum Gasteiger partial charge on any atom is -0.385 e. The van der Waals surface area contributed by atoms with Crippen molar-refractivity contribution in [3.05, 3.63) is 23.3 Å². The van der Waals surface area contributed by atoms with E-state index in [2.05, 4.69) is 58.7 Å². The summed E-state index contributed by atoms with van der Waals surface area (Å²) in [6.45, 7) is 16.0. The van der Waals surface area contributed by atoms with Gasteiger partial charge in [-0.3, -0.25) is 15.1 Å². The lowest BCUT2D eigenvalue weighted by Gasteiger charge is -2.47. The highest BCUT2D eigenvalue weighted by Gasteiger charge is 2.56. The van der Waals surface area contributed by atoms with Crippen LogP contribution in [0.15, 0.2) is 6.07 Å². The largest absolute Gasteiger partial charge is 0.385 e. The van der Waals surface area contributed by atoms with Gasteiger partial charge in [0, 0.05) is 63.6 Å². The number of urea groups is 1. The maximum absolute atomic E-state index is 13.9. The van der Waals surface area contributed by atoms with Crippen LogP contribution in [0.3, 0.4) is 0 Å². The predicted octanol–water partition coefficient (Wildman–Crippen LogP) is 0.887. The number of aromatic nitrogens is 2. The molecule has 3 aliphatic heterocycles. The van der Waals surface area contributed by atoms with Gasteiger partial charge >= 0.3 is 6.03 Å². The van der Waals surface area contributed by atoms with E-state index in [-0.39, 0.29) is 36.1 Å². The van der Waals surface area contributed by atoms with E-state index in [1.165, 1.54) is 0 Å². The molecule has 3 amide bonds. The van der Waals surface area contributed by atoms with Crippen LogP contribution in [0.1, 0.15) is 56.1 Å². The van der Waals surface area contributed by atoms with Crippen LogP contribution in [0.25, 0.3) is 0 Å². The predicted molar refractivity (Wildman–Crippen MR) is 136 cm³/mol. The molecule has 1 aromatic heterocycles. The molecule has 0 aliphatic carbocycles. The van der Waals surface area contributed by atoms with Gasteiger partial charge in [0.2, 0.25) is 0 Å². The van der Waals surface area contributed by atoms with Gasteiger partial charge < -0.3 is 19.9 Å². The third-order valence-electron chi connectivity index (χ3n) is 7.97. The van der Waals surface area contributed by atoms with Gasteiger partial charge in [0.25, 0.3) is 5.91 Å². The van der Waals surface area contributed by atoms with Crippen LogP contribution in [0.2, 0.25) is 0 Å². The summed E-state index contributed by atoms with van der Waals surface area (Å²) in [5, 5.41) is 3.07. The molecular weight excluding hydrogens is 460 g/mol. The van der Waals surface area contributed by atoms with E-state index in [1.54, 1.807) is 20.1 Å². The standard InChI is InChI=1S/C25H42N8O3/c1-15-11-20(27-18(4)26-15)23(34)28-22-19-14-33(25(5,6)21(19)29-30-22)24(35)32-13-16(2)31(12-17(32)3)9-8-10-36-7/h11,16-17,19,21-22,29-30H,8-10,12-14H2,1-7H3,(H,28,34)/t16-,17+,19?,21?,22?/m1/s1. The Morgan fingerprint density at radius 3 is 2.58 bits per heavy atom. The third kappa shape index (κ3) is 5.20. The minimum absolute atomic E-state index is 0.00341. The van der Waals surface area contributed by atoms with Crippen LogP contribution < -0.4 is 16.2 Å². The first-order chi connectivity index (χ1) is 17.0. The molecule has 3 unspecified atom stereocenters. The normalized spacial score (nSPS) is 29.9. The molecule has 4 rings (SSSR count). The molecule has 3 aliphatic rings. The number of methoxy groups -OCH3 is 1. The third-order valence-corrected chi connectivity index (χ3v) is 7.97. The van der Waals surface area contributed by atoms with E-state index in [0.717, 1.165) is 31.8 Å². The molecule has 5 atom stereocenters. The average molecular weight is 503 g/mol. The summed E-state index contributed by atoms with van der Waals surface area (Å²) in [6, 6.07) is 2.17. The molecule has 0 bridgehead atoms. The average Bonchev–Trinajstić information content (AvgIpc) is 3.32. The fraction of sp³-hybridized carbons (Fsp3) is 0.760. The topological polar surface area (TPSA) is 115 Å². The first kappa shape index (κ1) is 26.7. The number of ether oxygens (including phenoxy) is 1. The first-order valence-corrected chi connectivity index (χ1v) is 13.0. The maximum Gasteiger partial charge on any atom is 0.320 e. The zero-order valence-electron chi connectivity index (χ0n) is 22.7. The molecule has 3 fully saturated rings. The van der Waals surface area contributed by atoms with E-state index in [1.807, 2.05) is 16.7 Å². The lowest BCUT2D eigenvalue weighted by Crippen LogP contribution is -2.63. The highest BCUT2D eigenvalue weighted by Crippen LogP contribution is 2.38. The van der Waals surface area contributed by atoms with Gasteiger partial charge in [-0.05, 0) is 54.0 Å². The summed E-state index contributed by atoms with van der Waals surface area (Å²) >= 11 is 0. The number of hydrazine groups is 1. The molecule has 1 aromatic rings. The van der Waals surface area contributed by atoms with Gasteiger partial charge in [0.15, 0.2) is 0 Å². The lowest BCUT2D eigenvalue weighted by atomic mass is 9.90. The number of hydrogen-bond acceptors (Lipinski definition) is 8. The number of carbonyl (C=O) groups excluding carboxylic acids is 2. The lowest BCUT2D eigenvalue weighted by molar-refractivity contribution is 0.0348. The summed E-state index contributed by atoms with van der Waals surface area (Å²) in [5.74, 6) is 0.342. The van der Waals surface area contributed by atoms with Gasteiger partial charge in [0.05, 0.1) is 17.7 Å². The van der Waals surface area contributed by atoms with Crippen LogP contribution in [0.4, 0.5) is 4.79 Å². The molecule has 4 heterocycles. The molecule has 3 N–H and O–H groups in total. The van der Waals surface area contributed by atoms with E-state index in [4.69, 9.17) is 4.74 Å². The zero-order valence-corrected chi connectivity index (χ0v) is 22.7. The van der Waals surface area contributed by atoms with Crippen LogP contribution in [-0.4, -0.2) is 106 Å². The van der Waals surface area contributed by atoms with E-state index in [9.17, 15) is 9.59 Å². The molecule has 3 saturated heterocycles. The summed E-state index contributed by atoms with van der Waals surface area (Å²) in [6.07, 6.45) is 0.674. The number of rotatable bonds is 6. The van der Waals surface area contributed by atoms with Gasteiger partial charge in [-0.1, -0.05) is 0 Å². The second kappa shape index (κ2) is 10.6. The summed E-state index contributed by atoms with van der Waals surface area (Å²) in [7, 11) is 1.73.